The van der Waals surface area contributed by atoms with E-state index in [0.717, 1.165) is 11.3 Å². The Kier molecular flexibility index (Phi) is 4.55. The molecule has 1 aliphatic heterocycles. The summed E-state index contributed by atoms with van der Waals surface area (Å²) >= 11 is 0. The summed E-state index contributed by atoms with van der Waals surface area (Å²) < 4.78 is 10.7. The van der Waals surface area contributed by atoms with Crippen molar-refractivity contribution in [1.29, 1.82) is 0 Å². The maximum absolute atomic E-state index is 11.5. The molecule has 0 spiro atoms. The van der Waals surface area contributed by atoms with Crippen LogP contribution < -0.4 is 10.5 Å². The van der Waals surface area contributed by atoms with Gasteiger partial charge in [0.05, 0.1) is 13.2 Å². The monoisotopic (exact) mass is 250 g/mol. The summed E-state index contributed by atoms with van der Waals surface area (Å²) in [6.45, 7) is 3.01. The molecular weight excluding hydrogens is 232 g/mol. The van der Waals surface area contributed by atoms with Gasteiger partial charge in [-0.1, -0.05) is 12.1 Å². The maximum Gasteiger partial charge on any atom is 0.248 e. The zero-order valence-electron chi connectivity index (χ0n) is 10.3. The third kappa shape index (κ3) is 3.45. The summed E-state index contributed by atoms with van der Waals surface area (Å²) in [5.41, 5.74) is 6.60. The van der Waals surface area contributed by atoms with Crippen LogP contribution in [0.5, 0.6) is 5.75 Å². The molecule has 1 aliphatic rings. The van der Waals surface area contributed by atoms with Gasteiger partial charge in [0.2, 0.25) is 5.91 Å². The number of benzene rings is 1. The van der Waals surface area contributed by atoms with Crippen LogP contribution in [0.15, 0.2) is 24.3 Å². The number of morpholine rings is 1. The van der Waals surface area contributed by atoms with Crippen molar-refractivity contribution in [1.82, 2.24) is 4.90 Å². The van der Waals surface area contributed by atoms with E-state index in [1.165, 1.54) is 0 Å². The van der Waals surface area contributed by atoms with Gasteiger partial charge in [0.15, 0.2) is 0 Å². The molecule has 2 N–H and O–H groups in total. The number of hydrogen-bond donors (Lipinski definition) is 1. The molecule has 1 saturated heterocycles. The second kappa shape index (κ2) is 6.37. The first kappa shape index (κ1) is 12.9. The van der Waals surface area contributed by atoms with Gasteiger partial charge in [-0.15, -0.1) is 0 Å². The molecule has 98 valence electrons. The summed E-state index contributed by atoms with van der Waals surface area (Å²) in [4.78, 5) is 13.2. The summed E-state index contributed by atoms with van der Waals surface area (Å²) in [6.07, 6.45) is 0. The lowest BCUT2D eigenvalue weighted by Crippen LogP contribution is -2.43. The van der Waals surface area contributed by atoms with Crippen molar-refractivity contribution in [2.45, 2.75) is 6.54 Å². The highest BCUT2D eigenvalue weighted by molar-refractivity contribution is 5.77. The molecule has 0 bridgehead atoms. The zero-order chi connectivity index (χ0) is 12.8. The lowest BCUT2D eigenvalue weighted by molar-refractivity contribution is -0.143. The van der Waals surface area contributed by atoms with Crippen LogP contribution in [-0.2, 0) is 16.1 Å². The highest BCUT2D eigenvalue weighted by Gasteiger charge is 2.17. The van der Waals surface area contributed by atoms with E-state index in [-0.39, 0.29) is 12.5 Å². The molecule has 0 aliphatic carbocycles. The number of carbonyl (C=O) groups is 1. The average molecular weight is 250 g/mol. The van der Waals surface area contributed by atoms with Crippen LogP contribution in [-0.4, -0.2) is 43.7 Å². The second-order valence-electron chi connectivity index (χ2n) is 4.13. The molecule has 0 unspecified atom stereocenters. The molecule has 1 aromatic carbocycles. The standard InChI is InChI=1S/C13H18N2O3/c14-9-11-2-1-3-12(8-11)18-7-5-15-4-6-17-10-13(15)16/h1-3,8H,4-7,9-10,14H2. The van der Waals surface area contributed by atoms with Crippen molar-refractivity contribution in [2.24, 2.45) is 5.73 Å². The molecule has 0 atom stereocenters. The van der Waals surface area contributed by atoms with Crippen LogP contribution in [0.4, 0.5) is 0 Å². The van der Waals surface area contributed by atoms with E-state index < -0.39 is 0 Å². The Morgan fingerprint density at radius 2 is 2.33 bits per heavy atom. The molecule has 1 aromatic rings. The Balaban J connectivity index is 1.78. The molecule has 0 radical (unpaired) electrons. The molecule has 2 rings (SSSR count). The maximum atomic E-state index is 11.5. The molecule has 0 saturated carbocycles. The van der Waals surface area contributed by atoms with Gasteiger partial charge in [0.1, 0.15) is 19.0 Å². The molecule has 1 fully saturated rings. The Morgan fingerprint density at radius 3 is 3.11 bits per heavy atom. The highest BCUT2D eigenvalue weighted by Crippen LogP contribution is 2.12. The average Bonchev–Trinajstić information content (AvgIpc) is 2.41. The van der Waals surface area contributed by atoms with Gasteiger partial charge >= 0.3 is 0 Å². The van der Waals surface area contributed by atoms with E-state index in [1.54, 1.807) is 4.90 Å². The van der Waals surface area contributed by atoms with Gasteiger partial charge < -0.3 is 20.1 Å². The van der Waals surface area contributed by atoms with E-state index in [0.29, 0.717) is 32.8 Å². The molecule has 18 heavy (non-hydrogen) atoms. The smallest absolute Gasteiger partial charge is 0.248 e. The predicted molar refractivity (Wildman–Crippen MR) is 67.2 cm³/mol. The number of carbonyl (C=O) groups excluding carboxylic acids is 1. The van der Waals surface area contributed by atoms with Crippen LogP contribution >= 0.6 is 0 Å². The molecular formula is C13H18N2O3. The number of hydrogen-bond acceptors (Lipinski definition) is 4. The van der Waals surface area contributed by atoms with Crippen molar-refractivity contribution in [3.63, 3.8) is 0 Å². The molecule has 5 nitrogen and oxygen atoms in total. The minimum Gasteiger partial charge on any atom is -0.492 e. The number of nitrogens with zero attached hydrogens (tertiary/aromatic N) is 1. The van der Waals surface area contributed by atoms with E-state index >= 15 is 0 Å². The van der Waals surface area contributed by atoms with Crippen molar-refractivity contribution >= 4 is 5.91 Å². The molecule has 5 heteroatoms. The third-order valence-electron chi connectivity index (χ3n) is 2.85. The predicted octanol–water partition coefficient (Wildman–Crippen LogP) is 0.383. The topological polar surface area (TPSA) is 64.8 Å². The van der Waals surface area contributed by atoms with E-state index in [9.17, 15) is 4.79 Å². The lowest BCUT2D eigenvalue weighted by Gasteiger charge is -2.26. The van der Waals surface area contributed by atoms with Gasteiger partial charge in [0, 0.05) is 13.1 Å². The second-order valence-corrected chi connectivity index (χ2v) is 4.13. The summed E-state index contributed by atoms with van der Waals surface area (Å²) in [7, 11) is 0. The van der Waals surface area contributed by atoms with E-state index in [4.69, 9.17) is 15.2 Å². The fourth-order valence-electron chi connectivity index (χ4n) is 1.82. The van der Waals surface area contributed by atoms with Crippen molar-refractivity contribution in [3.05, 3.63) is 29.8 Å². The fourth-order valence-corrected chi connectivity index (χ4v) is 1.82. The van der Waals surface area contributed by atoms with Crippen LogP contribution in [0.1, 0.15) is 5.56 Å². The first-order valence-electron chi connectivity index (χ1n) is 6.07. The third-order valence-corrected chi connectivity index (χ3v) is 2.85. The summed E-state index contributed by atoms with van der Waals surface area (Å²) in [5, 5.41) is 0. The van der Waals surface area contributed by atoms with Crippen molar-refractivity contribution < 1.29 is 14.3 Å². The molecule has 0 aromatic heterocycles. The van der Waals surface area contributed by atoms with Crippen molar-refractivity contribution in [2.75, 3.05) is 32.9 Å². The van der Waals surface area contributed by atoms with Crippen LogP contribution in [0.3, 0.4) is 0 Å². The SMILES string of the molecule is NCc1cccc(OCCN2CCOCC2=O)c1. The van der Waals surface area contributed by atoms with Crippen LogP contribution in [0.2, 0.25) is 0 Å². The van der Waals surface area contributed by atoms with Crippen LogP contribution in [0.25, 0.3) is 0 Å². The van der Waals surface area contributed by atoms with E-state index in [2.05, 4.69) is 0 Å². The number of nitrogens with two attached hydrogens (primary N) is 1. The van der Waals surface area contributed by atoms with Gasteiger partial charge in [-0.2, -0.15) is 0 Å². The summed E-state index contributed by atoms with van der Waals surface area (Å²) in [6, 6.07) is 7.68. The minimum atomic E-state index is 0.0283. The fraction of sp³-hybridized carbons (Fsp3) is 0.462. The minimum absolute atomic E-state index is 0.0283. The molecule has 1 amide bonds. The van der Waals surface area contributed by atoms with E-state index in [1.807, 2.05) is 24.3 Å². The normalized spacial score (nSPS) is 15.8. The van der Waals surface area contributed by atoms with Gasteiger partial charge in [-0.05, 0) is 17.7 Å². The van der Waals surface area contributed by atoms with Gasteiger partial charge in [-0.3, -0.25) is 4.79 Å². The Morgan fingerprint density at radius 1 is 1.44 bits per heavy atom. The largest absolute Gasteiger partial charge is 0.492 e. The van der Waals surface area contributed by atoms with Gasteiger partial charge in [0.25, 0.3) is 0 Å². The first-order valence-corrected chi connectivity index (χ1v) is 6.07. The number of rotatable bonds is 5. The van der Waals surface area contributed by atoms with Crippen molar-refractivity contribution in [3.8, 4) is 5.75 Å². The zero-order valence-corrected chi connectivity index (χ0v) is 10.3. The Labute approximate surface area is 106 Å². The number of amides is 1. The Hall–Kier alpha value is -1.59. The quantitative estimate of drug-likeness (QED) is 0.820. The molecule has 1 heterocycles. The first-order chi connectivity index (χ1) is 8.79. The Bertz CT molecular complexity index is 409. The van der Waals surface area contributed by atoms with Crippen LogP contribution in [0, 0.1) is 0 Å². The summed E-state index contributed by atoms with van der Waals surface area (Å²) in [5.74, 6) is 0.819. The highest BCUT2D eigenvalue weighted by atomic mass is 16.5. The number of ether oxygens (including phenoxy) is 2. The lowest BCUT2D eigenvalue weighted by atomic mass is 10.2. The van der Waals surface area contributed by atoms with Gasteiger partial charge in [-0.25, -0.2) is 0 Å².